The first-order valence-corrected chi connectivity index (χ1v) is 9.39. The molecule has 2 aromatic rings. The van der Waals surface area contributed by atoms with E-state index in [2.05, 4.69) is 60.7 Å². The van der Waals surface area contributed by atoms with Crippen LogP contribution in [0.25, 0.3) is 12.2 Å². The fourth-order valence-electron chi connectivity index (χ4n) is 3.69. The van der Waals surface area contributed by atoms with Gasteiger partial charge < -0.3 is 9.47 Å². The average Bonchev–Trinajstić information content (AvgIpc) is 2.68. The molecule has 0 N–H and O–H groups in total. The molecule has 0 unspecified atom stereocenters. The zero-order valence-corrected chi connectivity index (χ0v) is 15.4. The number of ether oxygens (including phenoxy) is 2. The van der Waals surface area contributed by atoms with Crippen molar-refractivity contribution in [3.63, 3.8) is 0 Å². The van der Waals surface area contributed by atoms with E-state index in [-0.39, 0.29) is 0 Å². The highest BCUT2D eigenvalue weighted by Crippen LogP contribution is 2.16. The van der Waals surface area contributed by atoms with Crippen LogP contribution in [-0.2, 0) is 12.8 Å². The Balaban J connectivity index is 2.04. The molecule has 0 heterocycles. The van der Waals surface area contributed by atoms with E-state index >= 15 is 0 Å². The van der Waals surface area contributed by atoms with Crippen molar-refractivity contribution in [2.24, 2.45) is 0 Å². The Hall–Kier alpha value is -2.74. The minimum atomic E-state index is 0.668. The lowest BCUT2D eigenvalue weighted by molar-refractivity contribution is 0.336. The van der Waals surface area contributed by atoms with Gasteiger partial charge in [0.2, 0.25) is 0 Å². The number of allylic oxidation sites excluding steroid dienone is 4. The van der Waals surface area contributed by atoms with Crippen LogP contribution in [0.15, 0.2) is 48.6 Å². The molecule has 0 fully saturated rings. The summed E-state index contributed by atoms with van der Waals surface area (Å²) in [4.78, 5) is 0. The molecule has 0 saturated carbocycles. The summed E-state index contributed by atoms with van der Waals surface area (Å²) in [6, 6.07) is 8.91. The van der Waals surface area contributed by atoms with Gasteiger partial charge in [-0.25, -0.2) is 0 Å². The van der Waals surface area contributed by atoms with Crippen molar-refractivity contribution in [1.29, 1.82) is 0 Å². The van der Waals surface area contributed by atoms with E-state index in [1.54, 1.807) is 0 Å². The molecule has 2 nitrogen and oxygen atoms in total. The molecule has 2 aliphatic rings. The molecule has 0 spiro atoms. The topological polar surface area (TPSA) is 18.5 Å². The average molecular weight is 344 g/mol. The van der Waals surface area contributed by atoms with Gasteiger partial charge in [0.1, 0.15) is 11.5 Å². The van der Waals surface area contributed by atoms with Crippen LogP contribution < -0.4 is 19.9 Å². The van der Waals surface area contributed by atoms with E-state index in [1.165, 1.54) is 32.0 Å². The molecule has 0 amide bonds. The highest BCUT2D eigenvalue weighted by Gasteiger charge is 2.08. The van der Waals surface area contributed by atoms with Crippen molar-refractivity contribution < 1.29 is 9.47 Å². The van der Waals surface area contributed by atoms with Crippen molar-refractivity contribution >= 4 is 12.2 Å². The number of rotatable bonds is 4. The Labute approximate surface area is 154 Å². The molecule has 2 aromatic carbocycles. The molecule has 132 valence electrons. The monoisotopic (exact) mass is 344 g/mol. The Morgan fingerprint density at radius 3 is 1.58 bits per heavy atom. The fraction of sp³-hybridized carbons (Fsp3) is 0.250. The predicted molar refractivity (Wildman–Crippen MR) is 107 cm³/mol. The highest BCUT2D eigenvalue weighted by atomic mass is 16.5. The molecule has 0 aromatic heterocycles. The highest BCUT2D eigenvalue weighted by molar-refractivity contribution is 5.52. The van der Waals surface area contributed by atoms with E-state index in [4.69, 9.17) is 9.47 Å². The van der Waals surface area contributed by atoms with Crippen molar-refractivity contribution in [2.45, 2.75) is 26.7 Å². The maximum Gasteiger partial charge on any atom is 0.127 e. The summed E-state index contributed by atoms with van der Waals surface area (Å²) in [5.74, 6) is 1.93. The predicted octanol–water partition coefficient (Wildman–Crippen LogP) is 3.56. The second-order valence-electron chi connectivity index (χ2n) is 6.56. The molecule has 0 aliphatic heterocycles. The third-order valence-electron chi connectivity index (χ3n) is 4.86. The minimum absolute atomic E-state index is 0.668. The normalized spacial score (nSPS) is 15.5. The van der Waals surface area contributed by atoms with E-state index < -0.39 is 0 Å². The van der Waals surface area contributed by atoms with Gasteiger partial charge in [0.15, 0.2) is 0 Å². The molecule has 0 radical (unpaired) electrons. The van der Waals surface area contributed by atoms with Gasteiger partial charge in [-0.1, -0.05) is 36.5 Å². The second kappa shape index (κ2) is 7.25. The SMILES string of the molecule is CCOc1cc(=c2cc3c(c(OCC)c2)=CC=CC3)cc2c1=CC=CC2. The molecule has 2 heteroatoms. The number of hydrogen-bond acceptors (Lipinski definition) is 2. The van der Waals surface area contributed by atoms with Gasteiger partial charge >= 0.3 is 0 Å². The molecule has 0 bridgehead atoms. The lowest BCUT2D eigenvalue weighted by Crippen LogP contribution is -2.16. The standard InChI is InChI=1S/C24H24O2/c1-3-25-23-15-19(13-17-9-5-7-11-21(17)23)20-14-18-10-6-8-12-22(18)24(16-20)26-4-2/h5-8,11-16H,3-4,9-10H2,1-2H3. The molecular formula is C24H24O2. The fourth-order valence-corrected chi connectivity index (χ4v) is 3.69. The largest absolute Gasteiger partial charge is 0.493 e. The first-order valence-electron chi connectivity index (χ1n) is 9.39. The van der Waals surface area contributed by atoms with Gasteiger partial charge in [-0.2, -0.15) is 0 Å². The van der Waals surface area contributed by atoms with Crippen LogP contribution in [0.4, 0.5) is 0 Å². The van der Waals surface area contributed by atoms with Crippen LogP contribution in [0.2, 0.25) is 0 Å². The van der Waals surface area contributed by atoms with Crippen LogP contribution in [0.1, 0.15) is 25.0 Å². The van der Waals surface area contributed by atoms with Gasteiger partial charge in [0.05, 0.1) is 13.2 Å². The smallest absolute Gasteiger partial charge is 0.127 e. The molecule has 2 aliphatic carbocycles. The zero-order chi connectivity index (χ0) is 17.9. The van der Waals surface area contributed by atoms with E-state index in [9.17, 15) is 0 Å². The summed E-state index contributed by atoms with van der Waals surface area (Å²) in [5, 5.41) is 4.79. The zero-order valence-electron chi connectivity index (χ0n) is 15.4. The van der Waals surface area contributed by atoms with Gasteiger partial charge in [-0.15, -0.1) is 0 Å². The summed E-state index contributed by atoms with van der Waals surface area (Å²) >= 11 is 0. The number of hydrogen-bond donors (Lipinski definition) is 0. The second-order valence-corrected chi connectivity index (χ2v) is 6.56. The first kappa shape index (κ1) is 16.7. The lowest BCUT2D eigenvalue weighted by atomic mass is 9.99. The molecule has 26 heavy (non-hydrogen) atoms. The van der Waals surface area contributed by atoms with Crippen LogP contribution in [0, 0.1) is 10.4 Å². The quantitative estimate of drug-likeness (QED) is 0.844. The Morgan fingerprint density at radius 2 is 1.15 bits per heavy atom. The van der Waals surface area contributed by atoms with Crippen LogP contribution in [0.5, 0.6) is 11.5 Å². The van der Waals surface area contributed by atoms with Crippen molar-refractivity contribution in [3.05, 3.63) is 80.6 Å². The van der Waals surface area contributed by atoms with Crippen molar-refractivity contribution in [2.75, 3.05) is 13.2 Å². The van der Waals surface area contributed by atoms with E-state index in [1.807, 2.05) is 13.8 Å². The summed E-state index contributed by atoms with van der Waals surface area (Å²) in [5.41, 5.74) is 2.63. The van der Waals surface area contributed by atoms with Gasteiger partial charge in [-0.3, -0.25) is 0 Å². The summed E-state index contributed by atoms with van der Waals surface area (Å²) in [6.45, 7) is 5.40. The molecule has 0 saturated heterocycles. The summed E-state index contributed by atoms with van der Waals surface area (Å²) in [6.07, 6.45) is 14.8. The Kier molecular flexibility index (Phi) is 4.66. The van der Waals surface area contributed by atoms with Crippen molar-refractivity contribution in [1.82, 2.24) is 0 Å². The Morgan fingerprint density at radius 1 is 0.692 bits per heavy atom. The van der Waals surface area contributed by atoms with Crippen LogP contribution >= 0.6 is 0 Å². The maximum absolute atomic E-state index is 5.94. The number of fused-ring (bicyclic) bond motifs is 2. The van der Waals surface area contributed by atoms with Crippen LogP contribution in [0.3, 0.4) is 0 Å². The van der Waals surface area contributed by atoms with E-state index in [0.29, 0.717) is 13.2 Å². The van der Waals surface area contributed by atoms with Crippen molar-refractivity contribution in [3.8, 4) is 11.5 Å². The third kappa shape index (κ3) is 3.08. The molecule has 0 atom stereocenters. The maximum atomic E-state index is 5.94. The number of benzene rings is 2. The van der Waals surface area contributed by atoms with E-state index in [0.717, 1.165) is 24.3 Å². The van der Waals surface area contributed by atoms with Gasteiger partial charge in [-0.05, 0) is 72.5 Å². The van der Waals surface area contributed by atoms with Crippen LogP contribution in [-0.4, -0.2) is 13.2 Å². The summed E-state index contributed by atoms with van der Waals surface area (Å²) < 4.78 is 11.9. The molecule has 4 rings (SSSR count). The summed E-state index contributed by atoms with van der Waals surface area (Å²) in [7, 11) is 0. The third-order valence-corrected chi connectivity index (χ3v) is 4.86. The molecular weight excluding hydrogens is 320 g/mol. The van der Waals surface area contributed by atoms with Gasteiger partial charge in [0.25, 0.3) is 0 Å². The lowest BCUT2D eigenvalue weighted by Gasteiger charge is -2.12. The first-order chi connectivity index (χ1) is 12.8. The Bertz CT molecular complexity index is 1010. The minimum Gasteiger partial charge on any atom is -0.493 e. The van der Waals surface area contributed by atoms with Gasteiger partial charge in [0, 0.05) is 10.4 Å².